The van der Waals surface area contributed by atoms with Gasteiger partial charge in [-0.1, -0.05) is 30.3 Å². The van der Waals surface area contributed by atoms with Crippen LogP contribution in [0.2, 0.25) is 0 Å². The van der Waals surface area contributed by atoms with Gasteiger partial charge in [-0.15, -0.1) is 0 Å². The van der Waals surface area contributed by atoms with Gasteiger partial charge < -0.3 is 15.0 Å². The molecule has 1 N–H and O–H groups in total. The van der Waals surface area contributed by atoms with E-state index in [0.717, 1.165) is 42.8 Å². The molecule has 3 aromatic rings. The number of ether oxygens (including phenoxy) is 1. The van der Waals surface area contributed by atoms with Gasteiger partial charge in [-0.2, -0.15) is 4.98 Å². The minimum Gasteiger partial charge on any atom is -0.475 e. The molecule has 1 saturated heterocycles. The average molecular weight is 362 g/mol. The molecule has 6 heteroatoms. The molecule has 1 amide bonds. The van der Waals surface area contributed by atoms with Crippen molar-refractivity contribution in [1.29, 1.82) is 0 Å². The van der Waals surface area contributed by atoms with Crippen molar-refractivity contribution in [3.63, 3.8) is 0 Å². The lowest BCUT2D eigenvalue weighted by atomic mass is 10.2. The van der Waals surface area contributed by atoms with Crippen LogP contribution in [0, 0.1) is 0 Å². The van der Waals surface area contributed by atoms with Crippen LogP contribution in [-0.2, 0) is 0 Å². The first-order chi connectivity index (χ1) is 13.3. The van der Waals surface area contributed by atoms with Crippen LogP contribution in [0.15, 0.2) is 54.6 Å². The van der Waals surface area contributed by atoms with Gasteiger partial charge in [0.1, 0.15) is 6.61 Å². The number of anilines is 1. The molecule has 6 nitrogen and oxygen atoms in total. The van der Waals surface area contributed by atoms with Crippen molar-refractivity contribution in [2.45, 2.75) is 12.8 Å². The summed E-state index contributed by atoms with van der Waals surface area (Å²) in [4.78, 5) is 23.6. The topological polar surface area (TPSA) is 67.3 Å². The van der Waals surface area contributed by atoms with Gasteiger partial charge >= 0.3 is 0 Å². The van der Waals surface area contributed by atoms with E-state index in [2.05, 4.69) is 20.2 Å². The van der Waals surface area contributed by atoms with Crippen molar-refractivity contribution in [3.05, 3.63) is 60.2 Å². The first kappa shape index (κ1) is 17.3. The predicted octanol–water partition coefficient (Wildman–Crippen LogP) is 3.04. The van der Waals surface area contributed by atoms with Crippen LogP contribution in [0.5, 0.6) is 5.88 Å². The molecule has 27 heavy (non-hydrogen) atoms. The van der Waals surface area contributed by atoms with Crippen LogP contribution in [0.25, 0.3) is 10.9 Å². The lowest BCUT2D eigenvalue weighted by Gasteiger charge is -2.17. The lowest BCUT2D eigenvalue weighted by molar-refractivity contribution is 0.0946. The Labute approximate surface area is 158 Å². The minimum atomic E-state index is -0.107. The van der Waals surface area contributed by atoms with E-state index in [1.165, 1.54) is 0 Å². The quantitative estimate of drug-likeness (QED) is 0.683. The summed E-state index contributed by atoms with van der Waals surface area (Å²) in [5.41, 5.74) is 1.51. The van der Waals surface area contributed by atoms with Gasteiger partial charge in [0.2, 0.25) is 11.8 Å². The number of fused-ring (bicyclic) bond motifs is 1. The number of amides is 1. The van der Waals surface area contributed by atoms with E-state index in [1.54, 1.807) is 12.1 Å². The van der Waals surface area contributed by atoms with Crippen molar-refractivity contribution in [1.82, 2.24) is 15.3 Å². The highest BCUT2D eigenvalue weighted by molar-refractivity contribution is 5.94. The van der Waals surface area contributed by atoms with E-state index in [-0.39, 0.29) is 5.91 Å². The molecule has 0 radical (unpaired) electrons. The second kappa shape index (κ2) is 8.03. The Kier molecular flexibility index (Phi) is 5.14. The number of rotatable bonds is 6. The number of hydrogen-bond donors (Lipinski definition) is 1. The zero-order valence-electron chi connectivity index (χ0n) is 15.1. The summed E-state index contributed by atoms with van der Waals surface area (Å²) in [6, 6.07) is 17.0. The lowest BCUT2D eigenvalue weighted by Crippen LogP contribution is -2.28. The second-order valence-corrected chi connectivity index (χ2v) is 6.51. The smallest absolute Gasteiger partial charge is 0.251 e. The first-order valence-corrected chi connectivity index (χ1v) is 9.29. The summed E-state index contributed by atoms with van der Waals surface area (Å²) < 4.78 is 5.91. The number of para-hydroxylation sites is 1. The maximum absolute atomic E-state index is 12.1. The number of aromatic nitrogens is 2. The Morgan fingerprint density at radius 1 is 1.00 bits per heavy atom. The summed E-state index contributed by atoms with van der Waals surface area (Å²) >= 11 is 0. The Hall–Kier alpha value is -3.15. The van der Waals surface area contributed by atoms with Crippen molar-refractivity contribution < 1.29 is 9.53 Å². The molecule has 2 aromatic carbocycles. The van der Waals surface area contributed by atoms with Gasteiger partial charge in [0.25, 0.3) is 5.91 Å². The van der Waals surface area contributed by atoms with Crippen molar-refractivity contribution in [2.75, 3.05) is 31.1 Å². The number of nitrogens with zero attached hydrogens (tertiary/aromatic N) is 3. The van der Waals surface area contributed by atoms with E-state index in [9.17, 15) is 4.79 Å². The molecule has 1 fully saturated rings. The van der Waals surface area contributed by atoms with E-state index < -0.39 is 0 Å². The standard InChI is InChI=1S/C21H22N4O2/c26-19(16-8-2-1-3-9-16)22-12-15-27-20-17-10-4-5-11-18(17)23-21(24-20)25-13-6-7-14-25/h1-5,8-11H,6-7,12-15H2,(H,22,26). The second-order valence-electron chi connectivity index (χ2n) is 6.51. The van der Waals surface area contributed by atoms with Gasteiger partial charge in [0, 0.05) is 18.7 Å². The fourth-order valence-corrected chi connectivity index (χ4v) is 3.21. The van der Waals surface area contributed by atoms with Gasteiger partial charge in [-0.3, -0.25) is 4.79 Å². The zero-order chi connectivity index (χ0) is 18.5. The molecular formula is C21H22N4O2. The predicted molar refractivity (Wildman–Crippen MR) is 105 cm³/mol. The number of benzene rings is 2. The molecule has 1 aliphatic heterocycles. The van der Waals surface area contributed by atoms with Crippen molar-refractivity contribution in [3.8, 4) is 5.88 Å². The summed E-state index contributed by atoms with van der Waals surface area (Å²) in [7, 11) is 0. The molecule has 4 rings (SSSR count). The molecule has 0 unspecified atom stereocenters. The molecule has 1 aliphatic rings. The van der Waals surface area contributed by atoms with E-state index in [1.807, 2.05) is 42.5 Å². The normalized spacial score (nSPS) is 13.7. The number of carbonyl (C=O) groups excluding carboxylic acids is 1. The van der Waals surface area contributed by atoms with Crippen LogP contribution in [0.3, 0.4) is 0 Å². The highest BCUT2D eigenvalue weighted by atomic mass is 16.5. The van der Waals surface area contributed by atoms with Crippen LogP contribution in [-0.4, -0.2) is 42.1 Å². The molecule has 0 atom stereocenters. The van der Waals surface area contributed by atoms with Crippen LogP contribution >= 0.6 is 0 Å². The number of nitrogens with one attached hydrogen (secondary N) is 1. The maximum Gasteiger partial charge on any atom is 0.251 e. The Morgan fingerprint density at radius 3 is 2.56 bits per heavy atom. The monoisotopic (exact) mass is 362 g/mol. The van der Waals surface area contributed by atoms with E-state index >= 15 is 0 Å². The molecular weight excluding hydrogens is 340 g/mol. The van der Waals surface area contributed by atoms with Crippen LogP contribution in [0.1, 0.15) is 23.2 Å². The average Bonchev–Trinajstić information content (AvgIpc) is 3.26. The summed E-state index contributed by atoms with van der Waals surface area (Å²) in [5, 5.41) is 3.75. The van der Waals surface area contributed by atoms with Crippen molar-refractivity contribution >= 4 is 22.8 Å². The Bertz CT molecular complexity index is 924. The van der Waals surface area contributed by atoms with Gasteiger partial charge in [0.15, 0.2) is 0 Å². The SMILES string of the molecule is O=C(NCCOc1nc(N2CCCC2)nc2ccccc12)c1ccccc1. The first-order valence-electron chi connectivity index (χ1n) is 9.29. The summed E-state index contributed by atoms with van der Waals surface area (Å²) in [6.07, 6.45) is 2.33. The maximum atomic E-state index is 12.1. The van der Waals surface area contributed by atoms with Crippen LogP contribution < -0.4 is 15.0 Å². The highest BCUT2D eigenvalue weighted by Crippen LogP contribution is 2.26. The largest absolute Gasteiger partial charge is 0.475 e. The molecule has 1 aromatic heterocycles. The number of hydrogen-bond acceptors (Lipinski definition) is 5. The van der Waals surface area contributed by atoms with Crippen molar-refractivity contribution in [2.24, 2.45) is 0 Å². The molecule has 0 saturated carbocycles. The van der Waals surface area contributed by atoms with Crippen LogP contribution in [0.4, 0.5) is 5.95 Å². The molecule has 0 bridgehead atoms. The zero-order valence-corrected chi connectivity index (χ0v) is 15.1. The fraction of sp³-hybridized carbons (Fsp3) is 0.286. The molecule has 138 valence electrons. The van der Waals surface area contributed by atoms with E-state index in [4.69, 9.17) is 4.74 Å². The van der Waals surface area contributed by atoms with E-state index in [0.29, 0.717) is 24.6 Å². The fourth-order valence-electron chi connectivity index (χ4n) is 3.21. The molecule has 0 spiro atoms. The third kappa shape index (κ3) is 4.00. The summed E-state index contributed by atoms with van der Waals surface area (Å²) in [6.45, 7) is 2.71. The Morgan fingerprint density at radius 2 is 1.74 bits per heavy atom. The highest BCUT2D eigenvalue weighted by Gasteiger charge is 2.18. The summed E-state index contributed by atoms with van der Waals surface area (Å²) in [5.74, 6) is 1.18. The number of carbonyl (C=O) groups is 1. The third-order valence-corrected chi connectivity index (χ3v) is 4.61. The third-order valence-electron chi connectivity index (χ3n) is 4.61. The molecule has 2 heterocycles. The van der Waals surface area contributed by atoms with Gasteiger partial charge in [-0.05, 0) is 37.1 Å². The molecule has 0 aliphatic carbocycles. The Balaban J connectivity index is 1.44. The van der Waals surface area contributed by atoms with Gasteiger partial charge in [0.05, 0.1) is 17.4 Å². The van der Waals surface area contributed by atoms with Gasteiger partial charge in [-0.25, -0.2) is 4.98 Å². The minimum absolute atomic E-state index is 0.107.